The van der Waals surface area contributed by atoms with Gasteiger partial charge in [0.1, 0.15) is 12.2 Å². The van der Waals surface area contributed by atoms with Crippen LogP contribution in [0.15, 0.2) is 11.8 Å². The van der Waals surface area contributed by atoms with Gasteiger partial charge in [-0.2, -0.15) is 0 Å². The molecule has 0 saturated heterocycles. The van der Waals surface area contributed by atoms with Crippen molar-refractivity contribution >= 4 is 17.7 Å². The number of rotatable bonds is 6. The van der Waals surface area contributed by atoms with E-state index in [4.69, 9.17) is 10.8 Å². The first-order valence-corrected chi connectivity index (χ1v) is 6.50. The first-order chi connectivity index (χ1) is 9.11. The monoisotopic (exact) mass is 287 g/mol. The van der Waals surface area contributed by atoms with Crippen molar-refractivity contribution in [1.29, 1.82) is 0 Å². The summed E-state index contributed by atoms with van der Waals surface area (Å²) in [5.74, 6) is -1.45. The lowest BCUT2D eigenvalue weighted by molar-refractivity contribution is -0.146. The van der Waals surface area contributed by atoms with E-state index in [1.165, 1.54) is 0 Å². The van der Waals surface area contributed by atoms with E-state index in [0.29, 0.717) is 12.3 Å². The minimum atomic E-state index is -0.985. The number of ketones is 1. The number of Topliss-reactive ketones (excluding diaryl/α,β-unsaturated/α-hetero) is 1. The fraction of sp³-hybridized carbons (Fsp3) is 0.643. The van der Waals surface area contributed by atoms with Gasteiger partial charge in [-0.3, -0.25) is 9.59 Å². The zero-order valence-corrected chi connectivity index (χ0v) is 12.8. The van der Waals surface area contributed by atoms with E-state index in [9.17, 15) is 14.4 Å². The Morgan fingerprint density at radius 3 is 1.90 bits per heavy atom. The Hall–Kier alpha value is -1.85. The number of carboxylic acids is 1. The van der Waals surface area contributed by atoms with E-state index in [2.05, 4.69) is 4.74 Å². The van der Waals surface area contributed by atoms with Crippen molar-refractivity contribution in [2.45, 2.75) is 41.0 Å². The van der Waals surface area contributed by atoms with Crippen LogP contribution in [0.5, 0.6) is 0 Å². The number of carboxylic acid groups (broad SMARTS) is 1. The lowest BCUT2D eigenvalue weighted by atomic mass is 10.1. The summed E-state index contributed by atoms with van der Waals surface area (Å²) in [6, 6.07) is 0. The van der Waals surface area contributed by atoms with E-state index in [1.54, 1.807) is 20.8 Å². The van der Waals surface area contributed by atoms with E-state index in [0.717, 1.165) is 6.08 Å². The average Bonchev–Trinajstić information content (AvgIpc) is 2.28. The SMILES string of the molecule is CC(C)C(N)=CC(=O)O.CCOC(=O)CC(=O)C(C)C. The molecule has 116 valence electrons. The van der Waals surface area contributed by atoms with Gasteiger partial charge in [-0.1, -0.05) is 27.7 Å². The molecule has 0 saturated carbocycles. The fourth-order valence-electron chi connectivity index (χ4n) is 0.868. The summed E-state index contributed by atoms with van der Waals surface area (Å²) in [5.41, 5.74) is 5.70. The van der Waals surface area contributed by atoms with Crippen molar-refractivity contribution in [1.82, 2.24) is 0 Å². The Balaban J connectivity index is 0. The van der Waals surface area contributed by atoms with Crippen molar-refractivity contribution in [2.75, 3.05) is 6.61 Å². The predicted octanol–water partition coefficient (Wildman–Crippen LogP) is 1.73. The summed E-state index contributed by atoms with van der Waals surface area (Å²) in [6.45, 7) is 9.27. The molecule has 0 aromatic carbocycles. The first-order valence-electron chi connectivity index (χ1n) is 6.50. The molecule has 0 aliphatic rings. The maximum atomic E-state index is 10.9. The van der Waals surface area contributed by atoms with Crippen LogP contribution in [-0.2, 0) is 19.1 Å². The molecule has 0 heterocycles. The van der Waals surface area contributed by atoms with Crippen molar-refractivity contribution < 1.29 is 24.2 Å². The number of aliphatic carboxylic acids is 1. The highest BCUT2D eigenvalue weighted by Crippen LogP contribution is 2.00. The van der Waals surface area contributed by atoms with E-state index in [-0.39, 0.29) is 24.0 Å². The molecule has 0 rings (SSSR count). The Morgan fingerprint density at radius 1 is 1.15 bits per heavy atom. The summed E-state index contributed by atoms with van der Waals surface area (Å²) in [5, 5.41) is 8.18. The predicted molar refractivity (Wildman–Crippen MR) is 75.8 cm³/mol. The van der Waals surface area contributed by atoms with E-state index >= 15 is 0 Å². The van der Waals surface area contributed by atoms with Gasteiger partial charge in [0.2, 0.25) is 0 Å². The molecule has 0 bridgehead atoms. The normalized spacial score (nSPS) is 10.8. The van der Waals surface area contributed by atoms with Gasteiger partial charge in [-0.15, -0.1) is 0 Å². The molecule has 0 aromatic heterocycles. The lowest BCUT2D eigenvalue weighted by Gasteiger charge is -2.02. The van der Waals surface area contributed by atoms with Gasteiger partial charge in [-0.25, -0.2) is 4.79 Å². The molecule has 0 atom stereocenters. The molecule has 6 nitrogen and oxygen atoms in total. The highest BCUT2D eigenvalue weighted by atomic mass is 16.5. The summed E-state index contributed by atoms with van der Waals surface area (Å²) in [7, 11) is 0. The van der Waals surface area contributed by atoms with Crippen molar-refractivity contribution in [3.8, 4) is 0 Å². The van der Waals surface area contributed by atoms with Crippen LogP contribution in [0.2, 0.25) is 0 Å². The number of esters is 1. The molecule has 0 spiro atoms. The zero-order chi connectivity index (χ0) is 16.3. The third-order valence-corrected chi connectivity index (χ3v) is 2.22. The van der Waals surface area contributed by atoms with Gasteiger partial charge >= 0.3 is 11.9 Å². The standard InChI is InChI=1S/C8H14O3.C6H11NO2/c1-4-11-8(10)5-7(9)6(2)3;1-4(2)5(7)3-6(8)9/h6H,4-5H2,1-3H3;3-4H,7H2,1-2H3,(H,8,9). The molecule has 0 aliphatic carbocycles. The Bertz CT molecular complexity index is 359. The third kappa shape index (κ3) is 12.6. The van der Waals surface area contributed by atoms with Crippen LogP contribution >= 0.6 is 0 Å². The Morgan fingerprint density at radius 2 is 1.65 bits per heavy atom. The van der Waals surface area contributed by atoms with Gasteiger partial charge in [0.05, 0.1) is 6.61 Å². The van der Waals surface area contributed by atoms with Gasteiger partial charge in [-0.05, 0) is 12.8 Å². The number of allylic oxidation sites excluding steroid dienone is 1. The minimum absolute atomic E-state index is 0.0662. The third-order valence-electron chi connectivity index (χ3n) is 2.22. The highest BCUT2D eigenvalue weighted by Gasteiger charge is 2.12. The number of hydrogen-bond acceptors (Lipinski definition) is 5. The maximum Gasteiger partial charge on any atom is 0.330 e. The molecule has 6 heteroatoms. The highest BCUT2D eigenvalue weighted by molar-refractivity contribution is 5.96. The van der Waals surface area contributed by atoms with Gasteiger partial charge in [0.25, 0.3) is 0 Å². The van der Waals surface area contributed by atoms with Crippen LogP contribution in [0.3, 0.4) is 0 Å². The van der Waals surface area contributed by atoms with E-state index < -0.39 is 11.9 Å². The van der Waals surface area contributed by atoms with Crippen molar-refractivity contribution in [3.05, 3.63) is 11.8 Å². The number of hydrogen-bond donors (Lipinski definition) is 2. The second-order valence-corrected chi connectivity index (χ2v) is 4.74. The van der Waals surface area contributed by atoms with Crippen LogP contribution in [0.25, 0.3) is 0 Å². The summed E-state index contributed by atoms with van der Waals surface area (Å²) in [4.78, 5) is 31.6. The number of carbonyl (C=O) groups is 3. The molecular weight excluding hydrogens is 262 g/mol. The molecule has 0 aromatic rings. The average molecular weight is 287 g/mol. The fourth-order valence-corrected chi connectivity index (χ4v) is 0.868. The van der Waals surface area contributed by atoms with E-state index in [1.807, 2.05) is 13.8 Å². The lowest BCUT2D eigenvalue weighted by Crippen LogP contribution is -2.15. The van der Waals surface area contributed by atoms with Crippen LogP contribution in [0, 0.1) is 11.8 Å². The molecule has 0 aliphatic heterocycles. The van der Waals surface area contributed by atoms with Crippen LogP contribution < -0.4 is 5.73 Å². The number of ether oxygens (including phenoxy) is 1. The van der Waals surface area contributed by atoms with Gasteiger partial charge in [0, 0.05) is 17.7 Å². The van der Waals surface area contributed by atoms with Crippen LogP contribution in [-0.4, -0.2) is 29.4 Å². The molecule has 0 unspecified atom stereocenters. The largest absolute Gasteiger partial charge is 0.478 e. The molecule has 0 fully saturated rings. The second-order valence-electron chi connectivity index (χ2n) is 4.74. The Labute approximate surface area is 120 Å². The maximum absolute atomic E-state index is 10.9. The number of nitrogens with two attached hydrogens (primary N) is 1. The van der Waals surface area contributed by atoms with Gasteiger partial charge in [0.15, 0.2) is 0 Å². The summed E-state index contributed by atoms with van der Waals surface area (Å²) in [6.07, 6.45) is 0.927. The van der Waals surface area contributed by atoms with Crippen molar-refractivity contribution in [2.24, 2.45) is 17.6 Å². The minimum Gasteiger partial charge on any atom is -0.478 e. The summed E-state index contributed by atoms with van der Waals surface area (Å²) < 4.78 is 4.60. The molecule has 0 amide bonds. The smallest absolute Gasteiger partial charge is 0.330 e. The Kier molecular flexibility index (Phi) is 11.3. The topological polar surface area (TPSA) is 107 Å². The molecule has 20 heavy (non-hydrogen) atoms. The van der Waals surface area contributed by atoms with Crippen LogP contribution in [0.4, 0.5) is 0 Å². The quantitative estimate of drug-likeness (QED) is 0.438. The van der Waals surface area contributed by atoms with Crippen LogP contribution in [0.1, 0.15) is 41.0 Å². The molecule has 0 radical (unpaired) electrons. The second kappa shape index (κ2) is 11.0. The molecular formula is C14H25NO5. The number of carbonyl (C=O) groups excluding carboxylic acids is 2. The zero-order valence-electron chi connectivity index (χ0n) is 12.8. The first kappa shape index (κ1) is 20.5. The molecule has 3 N–H and O–H groups in total. The van der Waals surface area contributed by atoms with Crippen molar-refractivity contribution in [3.63, 3.8) is 0 Å². The van der Waals surface area contributed by atoms with Gasteiger partial charge < -0.3 is 15.6 Å². The summed E-state index contributed by atoms with van der Waals surface area (Å²) >= 11 is 0.